The molecule has 0 saturated carbocycles. The van der Waals surface area contributed by atoms with Crippen LogP contribution in [-0.4, -0.2) is 18.1 Å². The Kier molecular flexibility index (Phi) is 3.42. The summed E-state index contributed by atoms with van der Waals surface area (Å²) >= 11 is 1.81. The van der Waals surface area contributed by atoms with Crippen molar-refractivity contribution in [1.82, 2.24) is 4.98 Å². The molecule has 3 rings (SSSR count). The number of benzene rings is 1. The zero-order chi connectivity index (χ0) is 13.2. The molecule has 100 valence electrons. The molecule has 1 aromatic heterocycles. The molecule has 0 unspecified atom stereocenters. The van der Waals surface area contributed by atoms with Crippen LogP contribution in [0.1, 0.15) is 22.4 Å². The summed E-state index contributed by atoms with van der Waals surface area (Å²) in [5, 5.41) is 1.19. The molecule has 0 aliphatic carbocycles. The fourth-order valence-electron chi connectivity index (χ4n) is 2.30. The lowest BCUT2D eigenvalue weighted by Crippen LogP contribution is -2.32. The van der Waals surface area contributed by atoms with Crippen LogP contribution >= 0.6 is 11.3 Å². The molecule has 19 heavy (non-hydrogen) atoms. The Morgan fingerprint density at radius 2 is 2.32 bits per heavy atom. The number of nitrogens with zero attached hydrogens (tertiary/aromatic N) is 2. The Bertz CT molecular complexity index is 579. The van der Waals surface area contributed by atoms with Crippen molar-refractivity contribution in [3.63, 3.8) is 0 Å². The van der Waals surface area contributed by atoms with Gasteiger partial charge in [-0.15, -0.1) is 11.3 Å². The Morgan fingerprint density at radius 1 is 1.42 bits per heavy atom. The summed E-state index contributed by atoms with van der Waals surface area (Å²) in [5.74, 6) is 0.999. The van der Waals surface area contributed by atoms with E-state index in [0.29, 0.717) is 0 Å². The second kappa shape index (κ2) is 5.21. The van der Waals surface area contributed by atoms with Crippen molar-refractivity contribution >= 4 is 17.0 Å². The van der Waals surface area contributed by atoms with Crippen LogP contribution in [0.15, 0.2) is 24.4 Å². The fourth-order valence-corrected chi connectivity index (χ4v) is 3.17. The van der Waals surface area contributed by atoms with Crippen LogP contribution in [0.2, 0.25) is 0 Å². The topological polar surface area (TPSA) is 25.4 Å². The van der Waals surface area contributed by atoms with E-state index in [4.69, 9.17) is 4.74 Å². The highest BCUT2D eigenvalue weighted by atomic mass is 32.1. The highest BCUT2D eigenvalue weighted by molar-refractivity contribution is 7.11. The first kappa shape index (κ1) is 12.5. The number of hydrogen-bond donors (Lipinski definition) is 0. The maximum Gasteiger partial charge on any atom is 0.142 e. The van der Waals surface area contributed by atoms with Gasteiger partial charge >= 0.3 is 0 Å². The first-order chi connectivity index (χ1) is 9.26. The van der Waals surface area contributed by atoms with Crippen LogP contribution in [0.25, 0.3) is 0 Å². The van der Waals surface area contributed by atoms with Crippen LogP contribution in [0.4, 0.5) is 5.69 Å². The van der Waals surface area contributed by atoms with E-state index in [2.05, 4.69) is 41.9 Å². The third-order valence-electron chi connectivity index (χ3n) is 3.35. The number of ether oxygens (including phenoxy) is 1. The lowest BCUT2D eigenvalue weighted by molar-refractivity contribution is 0.306. The SMILES string of the molecule is CCc1cnc(CN2CCOc3cc(C)ccc32)s1. The maximum atomic E-state index is 5.74. The molecule has 2 aromatic rings. The molecule has 3 nitrogen and oxygen atoms in total. The summed E-state index contributed by atoms with van der Waals surface area (Å²) in [6.07, 6.45) is 3.06. The molecule has 2 heterocycles. The van der Waals surface area contributed by atoms with Crippen molar-refractivity contribution in [3.8, 4) is 5.75 Å². The number of thiazole rings is 1. The predicted octanol–water partition coefficient (Wildman–Crippen LogP) is 3.41. The van der Waals surface area contributed by atoms with E-state index < -0.39 is 0 Å². The van der Waals surface area contributed by atoms with E-state index in [9.17, 15) is 0 Å². The molecule has 0 atom stereocenters. The molecular weight excluding hydrogens is 256 g/mol. The number of aromatic nitrogens is 1. The molecule has 0 radical (unpaired) electrons. The zero-order valence-corrected chi connectivity index (χ0v) is 12.2. The molecule has 0 saturated heterocycles. The number of aryl methyl sites for hydroxylation is 2. The standard InChI is InChI=1S/C15H18N2OS/c1-3-12-9-16-15(19-12)10-17-6-7-18-14-8-11(2)4-5-13(14)17/h4-5,8-9H,3,6-7,10H2,1-2H3. The van der Waals surface area contributed by atoms with Crippen LogP contribution in [-0.2, 0) is 13.0 Å². The molecule has 0 spiro atoms. The van der Waals surface area contributed by atoms with Gasteiger partial charge in [-0.05, 0) is 31.0 Å². The van der Waals surface area contributed by atoms with E-state index >= 15 is 0 Å². The van der Waals surface area contributed by atoms with Crippen molar-refractivity contribution in [3.05, 3.63) is 39.8 Å². The van der Waals surface area contributed by atoms with Crippen LogP contribution < -0.4 is 9.64 Å². The number of hydrogen-bond acceptors (Lipinski definition) is 4. The van der Waals surface area contributed by atoms with Crippen molar-refractivity contribution in [2.45, 2.75) is 26.8 Å². The van der Waals surface area contributed by atoms with E-state index in [1.807, 2.05) is 17.5 Å². The van der Waals surface area contributed by atoms with Gasteiger partial charge in [0, 0.05) is 11.1 Å². The Hall–Kier alpha value is -1.55. The Morgan fingerprint density at radius 3 is 3.11 bits per heavy atom. The van der Waals surface area contributed by atoms with Crippen molar-refractivity contribution in [2.75, 3.05) is 18.1 Å². The van der Waals surface area contributed by atoms with Gasteiger partial charge in [0.2, 0.25) is 0 Å². The van der Waals surface area contributed by atoms with Gasteiger partial charge in [0.05, 0.1) is 18.8 Å². The average molecular weight is 274 g/mol. The maximum absolute atomic E-state index is 5.74. The third-order valence-corrected chi connectivity index (χ3v) is 4.48. The summed E-state index contributed by atoms with van der Waals surface area (Å²) in [4.78, 5) is 8.22. The van der Waals surface area contributed by atoms with Gasteiger partial charge in [0.1, 0.15) is 17.4 Å². The van der Waals surface area contributed by atoms with Crippen LogP contribution in [0.3, 0.4) is 0 Å². The normalized spacial score (nSPS) is 14.1. The van der Waals surface area contributed by atoms with Gasteiger partial charge in [0.25, 0.3) is 0 Å². The smallest absolute Gasteiger partial charge is 0.142 e. The van der Waals surface area contributed by atoms with E-state index in [1.165, 1.54) is 21.1 Å². The predicted molar refractivity (Wildman–Crippen MR) is 79.2 cm³/mol. The second-order valence-electron chi connectivity index (χ2n) is 4.82. The van der Waals surface area contributed by atoms with Gasteiger partial charge in [-0.25, -0.2) is 4.98 Å². The molecular formula is C15H18N2OS. The summed E-state index contributed by atoms with van der Waals surface area (Å²) in [5.41, 5.74) is 2.42. The second-order valence-corrected chi connectivity index (χ2v) is 6.01. The molecule has 0 bridgehead atoms. The van der Waals surface area contributed by atoms with E-state index in [0.717, 1.165) is 31.9 Å². The van der Waals surface area contributed by atoms with Gasteiger partial charge in [-0.1, -0.05) is 13.0 Å². The minimum Gasteiger partial charge on any atom is -0.490 e. The largest absolute Gasteiger partial charge is 0.490 e. The number of rotatable bonds is 3. The van der Waals surface area contributed by atoms with Crippen LogP contribution in [0.5, 0.6) is 5.75 Å². The van der Waals surface area contributed by atoms with Gasteiger partial charge in [0.15, 0.2) is 0 Å². The molecule has 1 aliphatic rings. The van der Waals surface area contributed by atoms with E-state index in [1.54, 1.807) is 0 Å². The van der Waals surface area contributed by atoms with Gasteiger partial charge in [-0.2, -0.15) is 0 Å². The summed E-state index contributed by atoms with van der Waals surface area (Å²) < 4.78 is 5.74. The van der Waals surface area contributed by atoms with E-state index in [-0.39, 0.29) is 0 Å². The minimum atomic E-state index is 0.752. The van der Waals surface area contributed by atoms with Crippen molar-refractivity contribution in [1.29, 1.82) is 0 Å². The molecule has 4 heteroatoms. The van der Waals surface area contributed by atoms with Gasteiger partial charge in [-0.3, -0.25) is 0 Å². The molecule has 0 N–H and O–H groups in total. The first-order valence-electron chi connectivity index (χ1n) is 6.68. The number of fused-ring (bicyclic) bond motifs is 1. The summed E-state index contributed by atoms with van der Waals surface area (Å²) in [7, 11) is 0. The first-order valence-corrected chi connectivity index (χ1v) is 7.50. The average Bonchev–Trinajstić information content (AvgIpc) is 2.86. The third kappa shape index (κ3) is 2.59. The lowest BCUT2D eigenvalue weighted by Gasteiger charge is -2.30. The molecule has 0 amide bonds. The van der Waals surface area contributed by atoms with Crippen LogP contribution in [0, 0.1) is 6.92 Å². The van der Waals surface area contributed by atoms with Crippen molar-refractivity contribution in [2.24, 2.45) is 0 Å². The fraction of sp³-hybridized carbons (Fsp3) is 0.400. The summed E-state index contributed by atoms with van der Waals surface area (Å²) in [6, 6.07) is 6.40. The zero-order valence-electron chi connectivity index (χ0n) is 11.3. The summed E-state index contributed by atoms with van der Waals surface area (Å²) in [6.45, 7) is 6.82. The monoisotopic (exact) mass is 274 g/mol. The lowest BCUT2D eigenvalue weighted by atomic mass is 10.1. The molecule has 0 fully saturated rings. The Labute approximate surface area is 117 Å². The highest BCUT2D eigenvalue weighted by Gasteiger charge is 2.19. The highest BCUT2D eigenvalue weighted by Crippen LogP contribution is 2.33. The quantitative estimate of drug-likeness (QED) is 0.857. The Balaban J connectivity index is 1.83. The van der Waals surface area contributed by atoms with Crippen molar-refractivity contribution < 1.29 is 4.74 Å². The molecule has 1 aliphatic heterocycles. The van der Waals surface area contributed by atoms with Gasteiger partial charge < -0.3 is 9.64 Å². The number of anilines is 1. The minimum absolute atomic E-state index is 0.752. The molecule has 1 aromatic carbocycles.